The molecule has 0 atom stereocenters. The molecule has 0 saturated carbocycles. The molecule has 1 fully saturated rings. The summed E-state index contributed by atoms with van der Waals surface area (Å²) in [6, 6.07) is 23.8. The van der Waals surface area contributed by atoms with Gasteiger partial charge in [-0.15, -0.1) is 0 Å². The van der Waals surface area contributed by atoms with E-state index in [1.54, 1.807) is 0 Å². The number of carbonyl (C=O) groups is 2. The maximum Gasteiger partial charge on any atom is 0.411 e. The molecule has 8 nitrogen and oxygen atoms in total. The molecule has 3 aromatic rings. The largest absolute Gasteiger partial charge is 0.490 e. The lowest BCUT2D eigenvalue weighted by Crippen LogP contribution is -2.38. The summed E-state index contributed by atoms with van der Waals surface area (Å²) < 4.78 is 16.9. The zero-order valence-corrected chi connectivity index (χ0v) is 26.3. The van der Waals surface area contributed by atoms with Crippen LogP contribution in [0.25, 0.3) is 17.2 Å². The molecule has 0 unspecified atom stereocenters. The molecule has 0 radical (unpaired) electrons. The first kappa shape index (κ1) is 32.6. The van der Waals surface area contributed by atoms with Gasteiger partial charge in [-0.25, -0.2) is 9.59 Å². The van der Waals surface area contributed by atoms with Gasteiger partial charge in [0.25, 0.3) is 0 Å². The lowest BCUT2D eigenvalue weighted by atomic mass is 10.0. The number of hydrogen-bond donors (Lipinski definition) is 2. The Labute approximate surface area is 261 Å². The van der Waals surface area contributed by atoms with Crippen molar-refractivity contribution in [2.24, 2.45) is 0 Å². The van der Waals surface area contributed by atoms with Crippen LogP contribution in [0.5, 0.6) is 5.75 Å². The molecule has 0 spiro atoms. The van der Waals surface area contributed by atoms with Crippen molar-refractivity contribution in [2.45, 2.75) is 58.7 Å². The number of nitrogens with one attached hydrogen (secondary N) is 2. The van der Waals surface area contributed by atoms with E-state index in [0.29, 0.717) is 25.3 Å². The molecule has 4 rings (SSSR count). The predicted molar refractivity (Wildman–Crippen MR) is 176 cm³/mol. The molecule has 1 aliphatic rings. The first-order valence-electron chi connectivity index (χ1n) is 15.4. The second-order valence-electron chi connectivity index (χ2n) is 11.9. The predicted octanol–water partition coefficient (Wildman–Crippen LogP) is 7.55. The Bertz CT molecular complexity index is 1380. The third kappa shape index (κ3) is 10.8. The number of carbonyl (C=O) groups excluding carboxylic acids is 2. The Balaban J connectivity index is 1.31. The molecule has 1 aliphatic heterocycles. The molecule has 0 bridgehead atoms. The third-order valence-electron chi connectivity index (χ3n) is 7.28. The number of benzene rings is 3. The smallest absolute Gasteiger partial charge is 0.411 e. The Morgan fingerprint density at radius 3 is 2.36 bits per heavy atom. The van der Waals surface area contributed by atoms with Crippen molar-refractivity contribution >= 4 is 23.9 Å². The van der Waals surface area contributed by atoms with Crippen LogP contribution in [0, 0.1) is 0 Å². The minimum Gasteiger partial charge on any atom is -0.490 e. The van der Waals surface area contributed by atoms with E-state index >= 15 is 0 Å². The van der Waals surface area contributed by atoms with Gasteiger partial charge in [-0.1, -0.05) is 67.6 Å². The Hall–Kier alpha value is -4.30. The fourth-order valence-electron chi connectivity index (χ4n) is 4.98. The van der Waals surface area contributed by atoms with Gasteiger partial charge in [0.1, 0.15) is 24.1 Å². The Morgan fingerprint density at radius 2 is 1.68 bits per heavy atom. The van der Waals surface area contributed by atoms with Crippen molar-refractivity contribution in [2.75, 3.05) is 38.1 Å². The number of amides is 2. The van der Waals surface area contributed by atoms with Gasteiger partial charge >= 0.3 is 12.2 Å². The van der Waals surface area contributed by atoms with Crippen molar-refractivity contribution in [3.63, 3.8) is 0 Å². The Kier molecular flexibility index (Phi) is 11.8. The highest BCUT2D eigenvalue weighted by Crippen LogP contribution is 2.30. The standard InChI is InChI=1S/C36H45N3O5/c1-5-39-23-20-31(21-24-39)43-35(41)38-33-26-28(15-18-32(33)29-11-7-6-8-12-29)10-9-25-42-30-16-13-27(14-17-30)19-22-37-34(40)44-36(2,3)4/h6-18,26,31H,5,19-25H2,1-4H3,(H,37,40)(H,38,41)/b10-9+. The van der Waals surface area contributed by atoms with Crippen molar-refractivity contribution in [3.8, 4) is 16.9 Å². The van der Waals surface area contributed by atoms with E-state index in [4.69, 9.17) is 14.2 Å². The summed E-state index contributed by atoms with van der Waals surface area (Å²) in [5, 5.41) is 5.78. The van der Waals surface area contributed by atoms with Crippen LogP contribution in [0.1, 0.15) is 51.7 Å². The molecule has 0 aliphatic carbocycles. The second kappa shape index (κ2) is 16.0. The monoisotopic (exact) mass is 599 g/mol. The second-order valence-corrected chi connectivity index (χ2v) is 11.9. The maximum absolute atomic E-state index is 12.9. The molecule has 2 amide bonds. The van der Waals surface area contributed by atoms with Crippen LogP contribution in [0.2, 0.25) is 0 Å². The van der Waals surface area contributed by atoms with Crippen molar-refractivity contribution < 1.29 is 23.8 Å². The summed E-state index contributed by atoms with van der Waals surface area (Å²) >= 11 is 0. The van der Waals surface area contributed by atoms with Gasteiger partial charge in [0.2, 0.25) is 0 Å². The van der Waals surface area contributed by atoms with Gasteiger partial charge in [-0.2, -0.15) is 0 Å². The lowest BCUT2D eigenvalue weighted by Gasteiger charge is -2.30. The number of anilines is 1. The minimum absolute atomic E-state index is 0.0684. The molecule has 8 heteroatoms. The third-order valence-corrected chi connectivity index (χ3v) is 7.28. The summed E-state index contributed by atoms with van der Waals surface area (Å²) in [6.45, 7) is 11.5. The number of ether oxygens (including phenoxy) is 3. The zero-order valence-electron chi connectivity index (χ0n) is 26.3. The van der Waals surface area contributed by atoms with Gasteiger partial charge in [0.05, 0.1) is 5.69 Å². The topological polar surface area (TPSA) is 89.1 Å². The maximum atomic E-state index is 12.9. The fraction of sp³-hybridized carbons (Fsp3) is 0.389. The van der Waals surface area contributed by atoms with Gasteiger partial charge in [-0.3, -0.25) is 5.32 Å². The van der Waals surface area contributed by atoms with E-state index in [2.05, 4.69) is 22.5 Å². The van der Waals surface area contributed by atoms with Gasteiger partial charge in [0, 0.05) is 25.2 Å². The van der Waals surface area contributed by atoms with Crippen molar-refractivity contribution in [1.29, 1.82) is 0 Å². The number of nitrogens with zero attached hydrogens (tertiary/aromatic N) is 1. The molecular weight excluding hydrogens is 554 g/mol. The van der Waals surface area contributed by atoms with Crippen molar-refractivity contribution in [3.05, 3.63) is 90.0 Å². The Morgan fingerprint density at radius 1 is 0.955 bits per heavy atom. The molecule has 0 aromatic heterocycles. The van der Waals surface area contributed by atoms with E-state index in [-0.39, 0.29) is 6.10 Å². The van der Waals surface area contributed by atoms with Crippen LogP contribution in [-0.4, -0.2) is 61.6 Å². The van der Waals surface area contributed by atoms with Gasteiger partial charge < -0.3 is 24.4 Å². The molecule has 234 valence electrons. The van der Waals surface area contributed by atoms with E-state index in [9.17, 15) is 9.59 Å². The van der Waals surface area contributed by atoms with Crippen LogP contribution >= 0.6 is 0 Å². The highest BCUT2D eigenvalue weighted by atomic mass is 16.6. The van der Waals surface area contributed by atoms with E-state index in [0.717, 1.165) is 60.5 Å². The summed E-state index contributed by atoms with van der Waals surface area (Å²) in [4.78, 5) is 27.1. The number of piperidine rings is 1. The number of likely N-dealkylation sites (tertiary alicyclic amines) is 1. The first-order valence-corrected chi connectivity index (χ1v) is 15.4. The van der Waals surface area contributed by atoms with Crippen LogP contribution in [0.4, 0.5) is 15.3 Å². The fourth-order valence-corrected chi connectivity index (χ4v) is 4.98. The highest BCUT2D eigenvalue weighted by Gasteiger charge is 2.22. The lowest BCUT2D eigenvalue weighted by molar-refractivity contribution is 0.0527. The van der Waals surface area contributed by atoms with Gasteiger partial charge in [-0.05, 0) is 87.5 Å². The van der Waals surface area contributed by atoms with E-state index in [1.807, 2.05) is 106 Å². The van der Waals surface area contributed by atoms with Gasteiger partial charge in [0.15, 0.2) is 0 Å². The minimum atomic E-state index is -0.512. The van der Waals surface area contributed by atoms with E-state index < -0.39 is 17.8 Å². The first-order chi connectivity index (χ1) is 21.2. The highest BCUT2D eigenvalue weighted by molar-refractivity contribution is 5.92. The summed E-state index contributed by atoms with van der Waals surface area (Å²) in [6.07, 6.45) is 5.41. The zero-order chi connectivity index (χ0) is 31.4. The molecule has 1 saturated heterocycles. The van der Waals surface area contributed by atoms with Crippen LogP contribution in [0.3, 0.4) is 0 Å². The summed E-state index contributed by atoms with van der Waals surface area (Å²) in [5.41, 5.74) is 4.16. The normalized spacial score (nSPS) is 14.3. The molecular formula is C36H45N3O5. The molecule has 2 N–H and O–H groups in total. The summed E-state index contributed by atoms with van der Waals surface area (Å²) in [5.74, 6) is 0.757. The van der Waals surface area contributed by atoms with E-state index in [1.165, 1.54) is 0 Å². The quantitative estimate of drug-likeness (QED) is 0.237. The molecule has 1 heterocycles. The van der Waals surface area contributed by atoms with Crippen LogP contribution in [0.15, 0.2) is 78.9 Å². The van der Waals surface area contributed by atoms with Crippen LogP contribution < -0.4 is 15.4 Å². The number of alkyl carbamates (subject to hydrolysis) is 1. The SMILES string of the molecule is CCN1CCC(OC(=O)Nc2cc(/C=C/COc3ccc(CCNC(=O)OC(C)(C)C)cc3)ccc2-c2ccccc2)CC1. The number of hydrogen-bond acceptors (Lipinski definition) is 6. The van der Waals surface area contributed by atoms with Crippen LogP contribution in [-0.2, 0) is 15.9 Å². The average molecular weight is 600 g/mol. The molecule has 3 aromatic carbocycles. The van der Waals surface area contributed by atoms with Crippen molar-refractivity contribution in [1.82, 2.24) is 10.2 Å². The molecule has 44 heavy (non-hydrogen) atoms. The summed E-state index contributed by atoms with van der Waals surface area (Å²) in [7, 11) is 0. The number of rotatable bonds is 11. The average Bonchev–Trinajstić information content (AvgIpc) is 3.00.